The average molecular weight is 312 g/mol. The van der Waals surface area contributed by atoms with E-state index in [0.717, 1.165) is 9.87 Å². The number of fused-ring (bicyclic) bond motifs is 1. The molecule has 0 fully saturated rings. The first-order valence-corrected chi connectivity index (χ1v) is 8.45. The number of ether oxygens (including phenoxy) is 1. The standard InChI is InChI=1S/C14H20N2O4S/c1-10(2)20-7-8-21(18,19)16-12-6-4-3-5-11(12)9-13(16)14(15)17/h3-6,10,13H,7-9H2,1-2H3,(H2,15,17)/t13-/m0/s1. The maximum absolute atomic E-state index is 12.5. The number of hydrogen-bond acceptors (Lipinski definition) is 4. The van der Waals surface area contributed by atoms with Crippen LogP contribution in [0, 0.1) is 0 Å². The normalized spacial score (nSPS) is 18.0. The summed E-state index contributed by atoms with van der Waals surface area (Å²) in [5.41, 5.74) is 6.71. The van der Waals surface area contributed by atoms with E-state index in [1.165, 1.54) is 0 Å². The highest BCUT2D eigenvalue weighted by Crippen LogP contribution is 2.34. The number of amides is 1. The van der Waals surface area contributed by atoms with Gasteiger partial charge in [-0.1, -0.05) is 18.2 Å². The summed E-state index contributed by atoms with van der Waals surface area (Å²) in [7, 11) is -3.66. The number of anilines is 1. The topological polar surface area (TPSA) is 89.7 Å². The van der Waals surface area contributed by atoms with Crippen LogP contribution in [-0.2, 0) is 26.0 Å². The van der Waals surface area contributed by atoms with Gasteiger partial charge < -0.3 is 10.5 Å². The summed E-state index contributed by atoms with van der Waals surface area (Å²) in [5, 5.41) is 0. The van der Waals surface area contributed by atoms with Crippen LogP contribution in [0.15, 0.2) is 24.3 Å². The number of nitrogens with two attached hydrogens (primary N) is 1. The molecule has 21 heavy (non-hydrogen) atoms. The third kappa shape index (κ3) is 3.36. The lowest BCUT2D eigenvalue weighted by molar-refractivity contribution is -0.118. The van der Waals surface area contributed by atoms with Crippen LogP contribution in [0.1, 0.15) is 19.4 Å². The SMILES string of the molecule is CC(C)OCCS(=O)(=O)N1c2ccccc2C[C@H]1C(N)=O. The summed E-state index contributed by atoms with van der Waals surface area (Å²) in [4.78, 5) is 11.6. The summed E-state index contributed by atoms with van der Waals surface area (Å²) in [6.07, 6.45) is 0.272. The molecule has 2 rings (SSSR count). The molecule has 1 aliphatic heterocycles. The Balaban J connectivity index is 2.27. The Morgan fingerprint density at radius 3 is 2.71 bits per heavy atom. The molecule has 1 heterocycles. The Labute approximate surface area is 124 Å². The zero-order valence-corrected chi connectivity index (χ0v) is 13.0. The van der Waals surface area contributed by atoms with Gasteiger partial charge in [-0.15, -0.1) is 0 Å². The maximum atomic E-state index is 12.5. The second kappa shape index (κ2) is 6.03. The molecular formula is C14H20N2O4S. The highest BCUT2D eigenvalue weighted by Gasteiger charge is 2.40. The van der Waals surface area contributed by atoms with Gasteiger partial charge in [0.25, 0.3) is 0 Å². The first-order valence-electron chi connectivity index (χ1n) is 6.84. The summed E-state index contributed by atoms with van der Waals surface area (Å²) in [5.74, 6) is -0.817. The first-order chi connectivity index (χ1) is 9.83. The number of carbonyl (C=O) groups is 1. The van der Waals surface area contributed by atoms with E-state index in [-0.39, 0.29) is 18.5 Å². The largest absolute Gasteiger partial charge is 0.378 e. The van der Waals surface area contributed by atoms with Crippen LogP contribution in [0.3, 0.4) is 0 Å². The molecule has 0 saturated heterocycles. The van der Waals surface area contributed by atoms with E-state index in [4.69, 9.17) is 10.5 Å². The Morgan fingerprint density at radius 2 is 2.10 bits per heavy atom. The third-order valence-electron chi connectivity index (χ3n) is 3.35. The summed E-state index contributed by atoms with van der Waals surface area (Å²) >= 11 is 0. The van der Waals surface area contributed by atoms with E-state index in [1.54, 1.807) is 12.1 Å². The van der Waals surface area contributed by atoms with Crippen molar-refractivity contribution in [3.63, 3.8) is 0 Å². The van der Waals surface area contributed by atoms with Gasteiger partial charge in [-0.05, 0) is 25.5 Å². The van der Waals surface area contributed by atoms with Crippen molar-refractivity contribution in [2.75, 3.05) is 16.7 Å². The van der Waals surface area contributed by atoms with Gasteiger partial charge in [0.15, 0.2) is 0 Å². The average Bonchev–Trinajstić information content (AvgIpc) is 2.78. The molecule has 0 radical (unpaired) electrons. The lowest BCUT2D eigenvalue weighted by Gasteiger charge is -2.25. The molecule has 0 spiro atoms. The van der Waals surface area contributed by atoms with Crippen molar-refractivity contribution >= 4 is 21.6 Å². The van der Waals surface area contributed by atoms with Crippen LogP contribution in [-0.4, -0.2) is 38.8 Å². The molecule has 1 aromatic carbocycles. The number of hydrogen-bond donors (Lipinski definition) is 1. The lowest BCUT2D eigenvalue weighted by Crippen LogP contribution is -2.47. The molecule has 1 amide bonds. The fourth-order valence-corrected chi connectivity index (χ4v) is 3.95. The van der Waals surface area contributed by atoms with E-state index in [9.17, 15) is 13.2 Å². The van der Waals surface area contributed by atoms with Crippen molar-refractivity contribution in [2.24, 2.45) is 5.73 Å². The fraction of sp³-hybridized carbons (Fsp3) is 0.500. The Kier molecular flexibility index (Phi) is 4.53. The summed E-state index contributed by atoms with van der Waals surface area (Å²) in [6.45, 7) is 3.76. The predicted octanol–water partition coefficient (Wildman–Crippen LogP) is 0.658. The maximum Gasteiger partial charge on any atom is 0.241 e. The number of benzene rings is 1. The Bertz CT molecular complexity index is 628. The van der Waals surface area contributed by atoms with E-state index in [2.05, 4.69) is 0 Å². The molecule has 0 aliphatic carbocycles. The number of para-hydroxylation sites is 1. The van der Waals surface area contributed by atoms with Crippen molar-refractivity contribution in [1.82, 2.24) is 0 Å². The predicted molar refractivity (Wildman–Crippen MR) is 80.5 cm³/mol. The summed E-state index contributed by atoms with van der Waals surface area (Å²) in [6, 6.07) is 6.21. The molecule has 7 heteroatoms. The van der Waals surface area contributed by atoms with Crippen LogP contribution in [0.4, 0.5) is 5.69 Å². The molecule has 1 aromatic rings. The van der Waals surface area contributed by atoms with Crippen LogP contribution in [0.2, 0.25) is 0 Å². The van der Waals surface area contributed by atoms with Gasteiger partial charge in [-0.25, -0.2) is 8.42 Å². The molecule has 0 unspecified atom stereocenters. The molecule has 1 aliphatic rings. The van der Waals surface area contributed by atoms with Crippen LogP contribution in [0.5, 0.6) is 0 Å². The van der Waals surface area contributed by atoms with Gasteiger partial charge in [0, 0.05) is 6.42 Å². The second-order valence-corrected chi connectivity index (χ2v) is 7.25. The Hall–Kier alpha value is -1.60. The van der Waals surface area contributed by atoms with Crippen molar-refractivity contribution in [3.8, 4) is 0 Å². The van der Waals surface area contributed by atoms with Gasteiger partial charge in [0.05, 0.1) is 24.2 Å². The van der Waals surface area contributed by atoms with E-state index in [1.807, 2.05) is 26.0 Å². The minimum Gasteiger partial charge on any atom is -0.378 e. The molecule has 2 N–H and O–H groups in total. The van der Waals surface area contributed by atoms with Crippen molar-refractivity contribution in [2.45, 2.75) is 32.4 Å². The molecular weight excluding hydrogens is 292 g/mol. The number of primary amides is 1. The van der Waals surface area contributed by atoms with Crippen molar-refractivity contribution < 1.29 is 17.9 Å². The van der Waals surface area contributed by atoms with E-state index in [0.29, 0.717) is 12.1 Å². The van der Waals surface area contributed by atoms with Gasteiger partial charge >= 0.3 is 0 Å². The second-order valence-electron chi connectivity index (χ2n) is 5.28. The zero-order chi connectivity index (χ0) is 15.6. The monoisotopic (exact) mass is 312 g/mol. The van der Waals surface area contributed by atoms with E-state index < -0.39 is 22.0 Å². The van der Waals surface area contributed by atoms with Crippen LogP contribution >= 0.6 is 0 Å². The fourth-order valence-electron chi connectivity index (χ4n) is 2.40. The molecule has 0 bridgehead atoms. The number of carbonyl (C=O) groups excluding carboxylic acids is 1. The smallest absolute Gasteiger partial charge is 0.241 e. The molecule has 6 nitrogen and oxygen atoms in total. The third-order valence-corrected chi connectivity index (χ3v) is 5.08. The molecule has 0 saturated carbocycles. The number of sulfonamides is 1. The summed E-state index contributed by atoms with van der Waals surface area (Å²) < 4.78 is 31.5. The van der Waals surface area contributed by atoms with Crippen LogP contribution in [0.25, 0.3) is 0 Å². The lowest BCUT2D eigenvalue weighted by atomic mass is 10.1. The molecule has 0 aromatic heterocycles. The minimum atomic E-state index is -3.66. The Morgan fingerprint density at radius 1 is 1.43 bits per heavy atom. The van der Waals surface area contributed by atoms with Gasteiger partial charge in [-0.2, -0.15) is 0 Å². The molecule has 1 atom stereocenters. The van der Waals surface area contributed by atoms with Crippen LogP contribution < -0.4 is 10.0 Å². The minimum absolute atomic E-state index is 0.0435. The van der Waals surface area contributed by atoms with E-state index >= 15 is 0 Å². The molecule has 116 valence electrons. The quantitative estimate of drug-likeness (QED) is 0.835. The van der Waals surface area contributed by atoms with Gasteiger partial charge in [-0.3, -0.25) is 9.10 Å². The first kappa shape index (κ1) is 15.8. The zero-order valence-electron chi connectivity index (χ0n) is 12.2. The van der Waals surface area contributed by atoms with Crippen molar-refractivity contribution in [3.05, 3.63) is 29.8 Å². The van der Waals surface area contributed by atoms with Gasteiger partial charge in [0.1, 0.15) is 6.04 Å². The number of nitrogens with zero attached hydrogens (tertiary/aromatic N) is 1. The number of rotatable bonds is 6. The van der Waals surface area contributed by atoms with Crippen molar-refractivity contribution in [1.29, 1.82) is 0 Å². The highest BCUT2D eigenvalue weighted by atomic mass is 32.2. The van der Waals surface area contributed by atoms with Gasteiger partial charge in [0.2, 0.25) is 15.9 Å². The highest BCUT2D eigenvalue weighted by molar-refractivity contribution is 7.92.